The second-order valence-electron chi connectivity index (χ2n) is 5.44. The summed E-state index contributed by atoms with van der Waals surface area (Å²) in [6.45, 7) is 1.80. The highest BCUT2D eigenvalue weighted by Crippen LogP contribution is 2.22. The van der Waals surface area contributed by atoms with Crippen molar-refractivity contribution in [1.82, 2.24) is 19.5 Å². The quantitative estimate of drug-likeness (QED) is 0.736. The van der Waals surface area contributed by atoms with E-state index in [1.165, 1.54) is 10.8 Å². The summed E-state index contributed by atoms with van der Waals surface area (Å²) in [7, 11) is 1.62. The van der Waals surface area contributed by atoms with Crippen molar-refractivity contribution in [3.8, 4) is 6.07 Å². The molecule has 25 heavy (non-hydrogen) atoms. The van der Waals surface area contributed by atoms with Crippen LogP contribution in [0.3, 0.4) is 0 Å². The van der Waals surface area contributed by atoms with Crippen molar-refractivity contribution < 1.29 is 0 Å². The van der Waals surface area contributed by atoms with Crippen LogP contribution in [0.2, 0.25) is 5.02 Å². The third-order valence-electron chi connectivity index (χ3n) is 3.76. The third kappa shape index (κ3) is 2.97. The number of benzene rings is 1. The molecule has 9 heteroatoms. The second kappa shape index (κ2) is 6.37. The predicted molar refractivity (Wildman–Crippen MR) is 95.2 cm³/mol. The Kier molecular flexibility index (Phi) is 4.25. The maximum absolute atomic E-state index is 12.6. The van der Waals surface area contributed by atoms with Gasteiger partial charge in [-0.15, -0.1) is 0 Å². The molecular formula is C16H14ClN7O. The van der Waals surface area contributed by atoms with Crippen LogP contribution in [0.5, 0.6) is 0 Å². The lowest BCUT2D eigenvalue weighted by Gasteiger charge is -2.18. The van der Waals surface area contributed by atoms with E-state index >= 15 is 0 Å². The van der Waals surface area contributed by atoms with Gasteiger partial charge >= 0.3 is 0 Å². The van der Waals surface area contributed by atoms with Gasteiger partial charge in [-0.1, -0.05) is 17.7 Å². The van der Waals surface area contributed by atoms with Crippen LogP contribution in [0.1, 0.15) is 24.4 Å². The molecule has 8 nitrogen and oxygen atoms in total. The van der Waals surface area contributed by atoms with Crippen LogP contribution >= 0.6 is 11.6 Å². The molecule has 3 N–H and O–H groups in total. The van der Waals surface area contributed by atoms with Gasteiger partial charge in [-0.3, -0.25) is 9.36 Å². The molecule has 126 valence electrons. The number of nitrogens with zero attached hydrogens (tertiary/aromatic N) is 5. The minimum absolute atomic E-state index is 0.0424. The lowest BCUT2D eigenvalue weighted by Crippen LogP contribution is -2.26. The summed E-state index contributed by atoms with van der Waals surface area (Å²) in [6.07, 6.45) is 1.34. The number of aromatic nitrogens is 4. The summed E-state index contributed by atoms with van der Waals surface area (Å²) in [5.74, 6) is 0.796. The molecule has 2 heterocycles. The average molecular weight is 356 g/mol. The first-order chi connectivity index (χ1) is 11.9. The summed E-state index contributed by atoms with van der Waals surface area (Å²) < 4.78 is 1.42. The van der Waals surface area contributed by atoms with Gasteiger partial charge in [-0.2, -0.15) is 10.2 Å². The molecule has 3 aromatic rings. The lowest BCUT2D eigenvalue weighted by atomic mass is 10.2. The number of nitrogens with one attached hydrogen (secondary N) is 1. The Balaban J connectivity index is 2.08. The Labute approximate surface area is 147 Å². The van der Waals surface area contributed by atoms with Crippen molar-refractivity contribution in [2.75, 3.05) is 11.1 Å². The van der Waals surface area contributed by atoms with Crippen LogP contribution in [0.4, 0.5) is 11.8 Å². The van der Waals surface area contributed by atoms with Crippen LogP contribution in [0, 0.1) is 11.3 Å². The summed E-state index contributed by atoms with van der Waals surface area (Å²) in [4.78, 5) is 25.0. The number of anilines is 2. The van der Waals surface area contributed by atoms with Crippen LogP contribution in [-0.2, 0) is 7.05 Å². The minimum atomic E-state index is -0.414. The van der Waals surface area contributed by atoms with Crippen molar-refractivity contribution in [2.45, 2.75) is 13.0 Å². The monoisotopic (exact) mass is 355 g/mol. The molecule has 0 aliphatic heterocycles. The van der Waals surface area contributed by atoms with E-state index in [9.17, 15) is 4.79 Å². The number of fused-ring (bicyclic) bond motifs is 1. The topological polar surface area (TPSA) is 123 Å². The highest BCUT2D eigenvalue weighted by molar-refractivity contribution is 6.35. The normalized spacial score (nSPS) is 11.9. The summed E-state index contributed by atoms with van der Waals surface area (Å²) >= 11 is 6.12. The van der Waals surface area contributed by atoms with E-state index < -0.39 is 6.04 Å². The Bertz CT molecular complexity index is 1070. The fourth-order valence-electron chi connectivity index (χ4n) is 2.53. The number of nitrogen functional groups attached to an aromatic ring is 1. The van der Waals surface area contributed by atoms with Gasteiger partial charge in [0.25, 0.3) is 5.56 Å². The molecule has 0 spiro atoms. The SMILES string of the molecule is CC(Nc1nc(N)ncc1C#N)c1nc2cccc(Cl)c2c(=O)n1C. The fraction of sp³-hybridized carbons (Fsp3) is 0.188. The zero-order valence-corrected chi connectivity index (χ0v) is 14.2. The first kappa shape index (κ1) is 16.7. The largest absolute Gasteiger partial charge is 0.368 e. The fourth-order valence-corrected chi connectivity index (χ4v) is 2.78. The maximum Gasteiger partial charge on any atom is 0.262 e. The van der Waals surface area contributed by atoms with E-state index in [1.807, 2.05) is 6.07 Å². The van der Waals surface area contributed by atoms with Crippen molar-refractivity contribution in [3.63, 3.8) is 0 Å². The molecule has 0 amide bonds. The maximum atomic E-state index is 12.6. The molecule has 0 radical (unpaired) electrons. The average Bonchev–Trinajstić information content (AvgIpc) is 2.58. The van der Waals surface area contributed by atoms with Crippen LogP contribution in [-0.4, -0.2) is 19.5 Å². The van der Waals surface area contributed by atoms with Crippen molar-refractivity contribution >= 4 is 34.3 Å². The first-order valence-electron chi connectivity index (χ1n) is 7.36. The Hall–Kier alpha value is -3.18. The highest BCUT2D eigenvalue weighted by Gasteiger charge is 2.17. The molecular weight excluding hydrogens is 342 g/mol. The summed E-state index contributed by atoms with van der Waals surface area (Å²) in [5, 5.41) is 12.9. The van der Waals surface area contributed by atoms with Gasteiger partial charge in [0, 0.05) is 7.05 Å². The molecule has 1 atom stereocenters. The van der Waals surface area contributed by atoms with Gasteiger partial charge in [-0.25, -0.2) is 9.97 Å². The third-order valence-corrected chi connectivity index (χ3v) is 4.07. The van der Waals surface area contributed by atoms with Crippen molar-refractivity contribution in [1.29, 1.82) is 5.26 Å². The molecule has 0 aliphatic carbocycles. The molecule has 1 aromatic carbocycles. The van der Waals surface area contributed by atoms with Crippen LogP contribution < -0.4 is 16.6 Å². The van der Waals surface area contributed by atoms with Gasteiger partial charge in [-0.05, 0) is 19.1 Å². The minimum Gasteiger partial charge on any atom is -0.368 e. The zero-order valence-electron chi connectivity index (χ0n) is 13.5. The number of hydrogen-bond acceptors (Lipinski definition) is 7. The molecule has 0 saturated carbocycles. The van der Waals surface area contributed by atoms with Gasteiger partial charge in [0.15, 0.2) is 0 Å². The smallest absolute Gasteiger partial charge is 0.262 e. The molecule has 2 aromatic heterocycles. The van der Waals surface area contributed by atoms with Crippen LogP contribution in [0.25, 0.3) is 10.9 Å². The van der Waals surface area contributed by atoms with E-state index in [2.05, 4.69) is 20.3 Å². The Morgan fingerprint density at radius 3 is 2.88 bits per heavy atom. The van der Waals surface area contributed by atoms with Crippen molar-refractivity contribution in [2.24, 2.45) is 7.05 Å². The standard InChI is InChI=1S/C16H14ClN7O/c1-8(21-13-9(6-18)7-20-16(19)23-13)14-22-11-5-3-4-10(17)12(11)15(25)24(14)2/h3-5,7-8H,1-2H3,(H3,19,20,21,23). The summed E-state index contributed by atoms with van der Waals surface area (Å²) in [6, 6.07) is 6.69. The van der Waals surface area contributed by atoms with E-state index in [4.69, 9.17) is 22.6 Å². The number of nitrogens with two attached hydrogens (primary N) is 1. The predicted octanol–water partition coefficient (Wildman–Crippen LogP) is 2.00. The molecule has 0 fully saturated rings. The Morgan fingerprint density at radius 2 is 2.16 bits per heavy atom. The second-order valence-corrected chi connectivity index (χ2v) is 5.84. The molecule has 0 aliphatic rings. The number of rotatable bonds is 3. The molecule has 3 rings (SSSR count). The Morgan fingerprint density at radius 1 is 1.40 bits per heavy atom. The molecule has 1 unspecified atom stereocenters. The van der Waals surface area contributed by atoms with E-state index in [-0.39, 0.29) is 22.9 Å². The lowest BCUT2D eigenvalue weighted by molar-refractivity contribution is 0.682. The van der Waals surface area contributed by atoms with E-state index in [0.717, 1.165) is 0 Å². The van der Waals surface area contributed by atoms with E-state index in [0.29, 0.717) is 21.7 Å². The molecule has 0 saturated heterocycles. The van der Waals surface area contributed by atoms with Gasteiger partial charge < -0.3 is 11.1 Å². The van der Waals surface area contributed by atoms with Gasteiger partial charge in [0.05, 0.1) is 28.2 Å². The highest BCUT2D eigenvalue weighted by atomic mass is 35.5. The number of halogens is 1. The zero-order chi connectivity index (χ0) is 18.1. The van der Waals surface area contributed by atoms with Gasteiger partial charge in [0.1, 0.15) is 23.3 Å². The number of hydrogen-bond donors (Lipinski definition) is 2. The van der Waals surface area contributed by atoms with Gasteiger partial charge in [0.2, 0.25) is 5.95 Å². The van der Waals surface area contributed by atoms with Crippen molar-refractivity contribution in [3.05, 3.63) is 51.2 Å². The first-order valence-corrected chi connectivity index (χ1v) is 7.74. The number of nitriles is 1. The molecule has 0 bridgehead atoms. The van der Waals surface area contributed by atoms with E-state index in [1.54, 1.807) is 32.2 Å². The summed E-state index contributed by atoms with van der Waals surface area (Å²) in [5.41, 5.74) is 6.08. The van der Waals surface area contributed by atoms with Crippen LogP contribution in [0.15, 0.2) is 29.2 Å².